The molecule has 5 rings (SSSR count). The first-order valence-electron chi connectivity index (χ1n) is 39.7. The SMILES string of the molecule is O=C(O)CCCNC(=O)N[C@@H](CCCCNC(=O)Nc1cccc(-c2cnnn2CCOCCOCCC(=O)C[C@@H](CCCCNC(=S)Nc2cc(CN3CCOCCOCCCCCOCCOCC3)nc(C(=O)O)c2)C(=O)NCCOCCOCCC(=O)N[C@@H](CCCCNC(=O)CCCc2ccc(I)cc2)C(=O)O)c1)C(=O)O. The number of anilines is 2. The highest BCUT2D eigenvalue weighted by Crippen LogP contribution is 2.23. The smallest absolute Gasteiger partial charge is 0.354 e. The number of aromatic nitrogens is 4. The van der Waals surface area contributed by atoms with E-state index in [9.17, 15) is 63.3 Å². The number of urea groups is 2. The molecule has 0 aliphatic carbocycles. The molecule has 1 saturated heterocycles. The number of carbonyl (C=O) groups is 10. The number of carbonyl (C=O) groups excluding carboxylic acids is 6. The average molecular weight is 1760 g/mol. The number of benzene rings is 2. The van der Waals surface area contributed by atoms with Gasteiger partial charge in [-0.15, -0.1) is 5.10 Å². The molecule has 13 N–H and O–H groups in total. The summed E-state index contributed by atoms with van der Waals surface area (Å²) in [6, 6.07) is 14.9. The summed E-state index contributed by atoms with van der Waals surface area (Å²) in [6.45, 7) is 7.96. The number of nitrogens with zero attached hydrogens (tertiary/aromatic N) is 5. The summed E-state index contributed by atoms with van der Waals surface area (Å²) in [5.41, 5.74) is 3.75. The fourth-order valence-corrected chi connectivity index (χ4v) is 12.3. The molecule has 644 valence electrons. The zero-order valence-electron chi connectivity index (χ0n) is 66.1. The molecule has 1 aliphatic rings. The number of rotatable bonds is 54. The number of nitrogens with one attached hydrogen (secondary N) is 9. The van der Waals surface area contributed by atoms with Crippen LogP contribution in [0, 0.1) is 9.49 Å². The average Bonchev–Trinajstić information content (AvgIpc) is 1.58. The second-order valence-electron chi connectivity index (χ2n) is 27.3. The summed E-state index contributed by atoms with van der Waals surface area (Å²) >= 11 is 7.89. The van der Waals surface area contributed by atoms with Crippen LogP contribution < -0.4 is 47.9 Å². The number of aliphatic carboxylic acids is 3. The van der Waals surface area contributed by atoms with Crippen LogP contribution in [0.4, 0.5) is 21.0 Å². The summed E-state index contributed by atoms with van der Waals surface area (Å²) in [6.07, 6.45) is 9.90. The van der Waals surface area contributed by atoms with Gasteiger partial charge in [-0.3, -0.25) is 28.9 Å². The van der Waals surface area contributed by atoms with Crippen LogP contribution in [0.3, 0.4) is 0 Å². The largest absolute Gasteiger partial charge is 0.481 e. The molecular weight excluding hydrogens is 1640 g/mol. The molecule has 1 fully saturated rings. The standard InChI is InChI=1S/C78H117IN14O22S/c79-60-23-21-57(22-24-60)13-10-19-69(95)80-27-6-3-17-65(73(100)101)89-70(96)26-38-111-45-47-112-39-31-81-72(99)59(14-2-5-29-84-78(116)88-62-53-63(86-67(54-62)75(104)105)56-92-32-40-113-48-43-108-35-8-1-9-36-109-44-49-114-41-33-92)52-64(94)25-37-110-46-50-115-42-34-93-68(55-85-91-93)58-15-11-16-61(51-58)87-76(106)82-28-7-4-18-66(74(102)103)90-77(107)83-30-12-20-71(97)98/h11,15-16,21-24,51,53-55,59,65-66H,1-10,12-14,17-20,25-50,52,56H2,(H,80,95)(H,81,99)(H,89,96)(H,97,98)(H,100,101)(H,102,103)(H,104,105)(H2,82,87,106)(H2,83,90,107)(H2,84,86,88,116)/t59-,65+,66+/m1/s1. The molecule has 0 spiro atoms. The highest BCUT2D eigenvalue weighted by Gasteiger charge is 2.24. The van der Waals surface area contributed by atoms with Crippen molar-refractivity contribution in [1.29, 1.82) is 0 Å². The third kappa shape index (κ3) is 46.3. The number of carboxylic acids is 4. The number of halogens is 1. The molecule has 3 heterocycles. The Morgan fingerprint density at radius 1 is 0.534 bits per heavy atom. The van der Waals surface area contributed by atoms with E-state index in [0.717, 1.165) is 29.3 Å². The van der Waals surface area contributed by atoms with E-state index in [1.807, 2.05) is 30.3 Å². The van der Waals surface area contributed by atoms with Crippen LogP contribution in [0.25, 0.3) is 11.3 Å². The molecule has 38 heteroatoms. The van der Waals surface area contributed by atoms with Gasteiger partial charge in [-0.1, -0.05) is 35.9 Å². The van der Waals surface area contributed by atoms with E-state index in [4.69, 9.17) is 55.2 Å². The van der Waals surface area contributed by atoms with Gasteiger partial charge < -0.3 is 106 Å². The van der Waals surface area contributed by atoms with Crippen molar-refractivity contribution in [2.45, 2.75) is 154 Å². The number of ketones is 1. The van der Waals surface area contributed by atoms with Gasteiger partial charge in [-0.05, 0) is 167 Å². The Morgan fingerprint density at radius 2 is 1.14 bits per heavy atom. The number of carboxylic acid groups (broad SMARTS) is 4. The van der Waals surface area contributed by atoms with Crippen molar-refractivity contribution in [3.8, 4) is 11.3 Å². The molecule has 2 aromatic carbocycles. The minimum atomic E-state index is -1.23. The van der Waals surface area contributed by atoms with E-state index in [1.165, 1.54) is 11.6 Å². The topological polar surface area (TPSA) is 481 Å². The Kier molecular flexibility index (Phi) is 51.2. The van der Waals surface area contributed by atoms with E-state index in [2.05, 4.69) is 90.6 Å². The molecule has 4 aromatic rings. The Hall–Kier alpha value is -8.71. The Bertz CT molecular complexity index is 3570. The van der Waals surface area contributed by atoms with Crippen molar-refractivity contribution in [1.82, 2.24) is 62.1 Å². The normalized spacial score (nSPS) is 14.1. The second kappa shape index (κ2) is 60.7. The third-order valence-corrected chi connectivity index (χ3v) is 18.8. The van der Waals surface area contributed by atoms with Crippen LogP contribution in [0.5, 0.6) is 0 Å². The van der Waals surface area contributed by atoms with E-state index in [0.29, 0.717) is 178 Å². The zero-order chi connectivity index (χ0) is 83.6. The molecule has 36 nitrogen and oxygen atoms in total. The predicted molar refractivity (Wildman–Crippen MR) is 440 cm³/mol. The van der Waals surface area contributed by atoms with Gasteiger partial charge in [0.2, 0.25) is 17.7 Å². The molecule has 0 bridgehead atoms. The fourth-order valence-electron chi connectivity index (χ4n) is 11.7. The van der Waals surface area contributed by atoms with Crippen molar-refractivity contribution in [2.75, 3.05) is 162 Å². The Balaban J connectivity index is 1.03. The molecule has 2 aromatic heterocycles. The van der Waals surface area contributed by atoms with Crippen LogP contribution in [0.15, 0.2) is 66.9 Å². The van der Waals surface area contributed by atoms with Gasteiger partial charge in [-0.2, -0.15) is 0 Å². The zero-order valence-corrected chi connectivity index (χ0v) is 69.0. The number of hydrogen-bond donors (Lipinski definition) is 13. The number of thiocarbonyl (C=S) groups is 1. The van der Waals surface area contributed by atoms with Crippen LogP contribution in [0.1, 0.15) is 144 Å². The van der Waals surface area contributed by atoms with Gasteiger partial charge in [0.1, 0.15) is 17.9 Å². The van der Waals surface area contributed by atoms with Crippen molar-refractivity contribution in [3.63, 3.8) is 0 Å². The first kappa shape index (κ1) is 97.9. The Morgan fingerprint density at radius 3 is 1.80 bits per heavy atom. The third-order valence-electron chi connectivity index (χ3n) is 17.9. The number of Topliss-reactive ketones (excluding diaryl/α,β-unsaturated/α-hetero) is 1. The lowest BCUT2D eigenvalue weighted by Gasteiger charge is -2.22. The molecule has 0 radical (unpaired) electrons. The van der Waals surface area contributed by atoms with E-state index in [-0.39, 0.29) is 146 Å². The number of amides is 7. The van der Waals surface area contributed by atoms with Gasteiger partial charge in [0.25, 0.3) is 0 Å². The lowest BCUT2D eigenvalue weighted by molar-refractivity contribution is -0.142. The number of aryl methyl sites for hydroxylation is 1. The van der Waals surface area contributed by atoms with Crippen molar-refractivity contribution in [2.24, 2.45) is 5.92 Å². The molecule has 116 heavy (non-hydrogen) atoms. The van der Waals surface area contributed by atoms with Gasteiger partial charge in [0.15, 0.2) is 10.8 Å². The molecular formula is C78H117IN14O22S. The maximum Gasteiger partial charge on any atom is 0.354 e. The lowest BCUT2D eigenvalue weighted by Crippen LogP contribution is -2.46. The van der Waals surface area contributed by atoms with Crippen molar-refractivity contribution >= 4 is 111 Å². The van der Waals surface area contributed by atoms with Crippen molar-refractivity contribution < 1.29 is 106 Å². The highest BCUT2D eigenvalue weighted by atomic mass is 127. The number of ether oxygens (including phenoxy) is 8. The highest BCUT2D eigenvalue weighted by molar-refractivity contribution is 14.1. The first-order chi connectivity index (χ1) is 56.2. The minimum Gasteiger partial charge on any atom is -0.481 e. The van der Waals surface area contributed by atoms with Crippen LogP contribution in [0.2, 0.25) is 0 Å². The summed E-state index contributed by atoms with van der Waals surface area (Å²) < 4.78 is 48.8. The van der Waals surface area contributed by atoms with Gasteiger partial charge >= 0.3 is 35.9 Å². The number of pyridine rings is 1. The molecule has 3 atom stereocenters. The quantitative estimate of drug-likeness (QED) is 0.0133. The summed E-state index contributed by atoms with van der Waals surface area (Å²) in [4.78, 5) is 130. The lowest BCUT2D eigenvalue weighted by atomic mass is 9.94. The van der Waals surface area contributed by atoms with Gasteiger partial charge in [0, 0.05) is 124 Å². The Labute approximate surface area is 695 Å². The molecule has 0 saturated carbocycles. The van der Waals surface area contributed by atoms with Crippen molar-refractivity contribution in [3.05, 3.63) is 87.4 Å². The van der Waals surface area contributed by atoms with E-state index < -0.39 is 59.8 Å². The number of hydrogen-bond acceptors (Lipinski definition) is 23. The first-order valence-corrected chi connectivity index (χ1v) is 41.2. The summed E-state index contributed by atoms with van der Waals surface area (Å²) in [5.74, 6) is -6.38. The maximum atomic E-state index is 13.8. The van der Waals surface area contributed by atoms with Crippen LogP contribution in [-0.2, 0) is 91.0 Å². The fraction of sp³-hybridized carbons (Fsp3) is 0.615. The summed E-state index contributed by atoms with van der Waals surface area (Å²) in [7, 11) is 0. The monoisotopic (exact) mass is 1760 g/mol. The number of unbranched alkanes of at least 4 members (excludes halogenated alkanes) is 3. The van der Waals surface area contributed by atoms with E-state index >= 15 is 0 Å². The van der Waals surface area contributed by atoms with Gasteiger partial charge in [-0.25, -0.2) is 33.6 Å². The summed E-state index contributed by atoms with van der Waals surface area (Å²) in [5, 5.41) is 71.5. The molecule has 0 unspecified atom stereocenters. The maximum absolute atomic E-state index is 13.8. The minimum absolute atomic E-state index is 0.0139. The predicted octanol–water partition coefficient (Wildman–Crippen LogP) is 6.18. The van der Waals surface area contributed by atoms with E-state index in [1.54, 1.807) is 35.1 Å². The van der Waals surface area contributed by atoms with Crippen LogP contribution in [-0.4, -0.2) is 273 Å². The second-order valence-corrected chi connectivity index (χ2v) is 28.9. The molecule has 1 aliphatic heterocycles. The number of aromatic carboxylic acids is 1. The van der Waals surface area contributed by atoms with Gasteiger partial charge in [0.05, 0.1) is 117 Å². The molecule has 7 amide bonds. The van der Waals surface area contributed by atoms with Crippen LogP contribution >= 0.6 is 34.8 Å².